The van der Waals surface area contributed by atoms with E-state index in [4.69, 9.17) is 11.6 Å². The molecule has 0 fully saturated rings. The van der Waals surface area contributed by atoms with Gasteiger partial charge in [-0.25, -0.2) is 0 Å². The highest BCUT2D eigenvalue weighted by Crippen LogP contribution is 2.29. The van der Waals surface area contributed by atoms with Crippen molar-refractivity contribution in [3.8, 4) is 0 Å². The van der Waals surface area contributed by atoms with E-state index >= 15 is 0 Å². The van der Waals surface area contributed by atoms with Gasteiger partial charge in [-0.1, -0.05) is 11.6 Å². The van der Waals surface area contributed by atoms with Crippen molar-refractivity contribution in [2.24, 2.45) is 0 Å². The molecule has 0 N–H and O–H groups in total. The number of thiophene rings is 1. The van der Waals surface area contributed by atoms with E-state index in [1.165, 1.54) is 4.88 Å². The lowest BCUT2D eigenvalue weighted by Crippen LogP contribution is -1.53. The van der Waals surface area contributed by atoms with Gasteiger partial charge in [0.05, 0.1) is 4.34 Å². The molecule has 0 aromatic carbocycles. The molecule has 8 heavy (non-hydrogen) atoms. The van der Waals surface area contributed by atoms with Crippen LogP contribution in [0.1, 0.15) is 4.88 Å². The Morgan fingerprint density at radius 3 is 2.50 bits per heavy atom. The summed E-state index contributed by atoms with van der Waals surface area (Å²) in [5, 5.41) is 0. The van der Waals surface area contributed by atoms with Crippen LogP contribution in [0.15, 0.2) is 10.5 Å². The minimum atomic E-state index is 0.842. The summed E-state index contributed by atoms with van der Waals surface area (Å²) < 4.78 is 1.95. The molecule has 0 nitrogen and oxygen atoms in total. The van der Waals surface area contributed by atoms with Crippen LogP contribution in [0.5, 0.6) is 0 Å². The Labute approximate surface area is 65.6 Å². The fourth-order valence-electron chi connectivity index (χ4n) is 0.426. The molecular weight excluding hydrogens is 207 g/mol. The molecule has 1 aromatic rings. The fourth-order valence-corrected chi connectivity index (χ4v) is 2.26. The summed E-state index contributed by atoms with van der Waals surface area (Å²) in [5.41, 5.74) is 0. The van der Waals surface area contributed by atoms with Crippen LogP contribution >= 0.6 is 38.9 Å². The van der Waals surface area contributed by atoms with Crippen LogP contribution < -0.4 is 0 Å². The molecule has 0 unspecified atom stereocenters. The third kappa shape index (κ3) is 1.24. The SMILES string of the molecule is Cc1sc(Cl)cc1Br. The first-order valence-electron chi connectivity index (χ1n) is 2.11. The number of rotatable bonds is 0. The summed E-state index contributed by atoms with van der Waals surface area (Å²) in [6, 6.07) is 1.90. The molecule has 0 aliphatic carbocycles. The van der Waals surface area contributed by atoms with Gasteiger partial charge in [-0.2, -0.15) is 0 Å². The summed E-state index contributed by atoms with van der Waals surface area (Å²) in [6.45, 7) is 2.03. The zero-order valence-electron chi connectivity index (χ0n) is 4.24. The molecule has 44 valence electrons. The first-order valence-corrected chi connectivity index (χ1v) is 4.10. The van der Waals surface area contributed by atoms with E-state index in [2.05, 4.69) is 15.9 Å². The van der Waals surface area contributed by atoms with Crippen molar-refractivity contribution in [3.05, 3.63) is 19.8 Å². The molecule has 0 aliphatic rings. The Kier molecular flexibility index (Phi) is 1.96. The number of halogens is 2. The van der Waals surface area contributed by atoms with Crippen molar-refractivity contribution in [1.29, 1.82) is 0 Å². The maximum absolute atomic E-state index is 5.65. The minimum absolute atomic E-state index is 0.842. The van der Waals surface area contributed by atoms with Crippen LogP contribution in [-0.4, -0.2) is 0 Å². The van der Waals surface area contributed by atoms with Crippen LogP contribution in [0, 0.1) is 6.92 Å². The second-order valence-corrected chi connectivity index (χ2v) is 4.20. The molecular formula is C5H4BrClS. The Morgan fingerprint density at radius 2 is 2.38 bits per heavy atom. The minimum Gasteiger partial charge on any atom is -0.128 e. The van der Waals surface area contributed by atoms with Gasteiger partial charge in [0, 0.05) is 9.35 Å². The summed E-state index contributed by atoms with van der Waals surface area (Å²) in [6.07, 6.45) is 0. The maximum atomic E-state index is 5.65. The highest BCUT2D eigenvalue weighted by molar-refractivity contribution is 9.10. The van der Waals surface area contributed by atoms with Crippen LogP contribution in [0.4, 0.5) is 0 Å². The summed E-state index contributed by atoms with van der Waals surface area (Å²) >= 11 is 10.6. The van der Waals surface area contributed by atoms with Gasteiger partial charge in [-0.3, -0.25) is 0 Å². The van der Waals surface area contributed by atoms with Crippen LogP contribution in [0.3, 0.4) is 0 Å². The van der Waals surface area contributed by atoms with Crippen LogP contribution in [0.25, 0.3) is 0 Å². The van der Waals surface area contributed by atoms with E-state index in [9.17, 15) is 0 Å². The molecule has 0 saturated heterocycles. The van der Waals surface area contributed by atoms with E-state index in [1.54, 1.807) is 11.3 Å². The van der Waals surface area contributed by atoms with Crippen LogP contribution in [0.2, 0.25) is 4.34 Å². The van der Waals surface area contributed by atoms with E-state index in [-0.39, 0.29) is 0 Å². The smallest absolute Gasteiger partial charge is 0.0942 e. The largest absolute Gasteiger partial charge is 0.128 e. The van der Waals surface area contributed by atoms with Gasteiger partial charge in [0.25, 0.3) is 0 Å². The maximum Gasteiger partial charge on any atom is 0.0942 e. The molecule has 3 heteroatoms. The van der Waals surface area contributed by atoms with Crippen molar-refractivity contribution in [2.75, 3.05) is 0 Å². The Morgan fingerprint density at radius 1 is 1.75 bits per heavy atom. The average molecular weight is 212 g/mol. The fraction of sp³-hybridized carbons (Fsp3) is 0.200. The van der Waals surface area contributed by atoms with Crippen molar-refractivity contribution >= 4 is 38.9 Å². The summed E-state index contributed by atoms with van der Waals surface area (Å²) in [5.74, 6) is 0. The van der Waals surface area contributed by atoms with E-state index < -0.39 is 0 Å². The van der Waals surface area contributed by atoms with Crippen LogP contribution in [-0.2, 0) is 0 Å². The quantitative estimate of drug-likeness (QED) is 0.616. The monoisotopic (exact) mass is 210 g/mol. The normalized spacial score (nSPS) is 9.88. The molecule has 0 spiro atoms. The standard InChI is InChI=1S/C5H4BrClS/c1-3-4(6)2-5(7)8-3/h2H,1H3. The Hall–Kier alpha value is 0.470. The first-order chi connectivity index (χ1) is 3.70. The van der Waals surface area contributed by atoms with Gasteiger partial charge in [-0.05, 0) is 28.9 Å². The van der Waals surface area contributed by atoms with Gasteiger partial charge in [0.1, 0.15) is 0 Å². The van der Waals surface area contributed by atoms with Gasteiger partial charge in [-0.15, -0.1) is 11.3 Å². The van der Waals surface area contributed by atoms with Crippen molar-refractivity contribution in [1.82, 2.24) is 0 Å². The molecule has 0 radical (unpaired) electrons. The van der Waals surface area contributed by atoms with E-state index in [1.807, 2.05) is 13.0 Å². The number of hydrogen-bond acceptors (Lipinski definition) is 1. The molecule has 1 aromatic heterocycles. The van der Waals surface area contributed by atoms with Crippen molar-refractivity contribution < 1.29 is 0 Å². The molecule has 1 rings (SSSR count). The topological polar surface area (TPSA) is 0 Å². The molecule has 0 bridgehead atoms. The molecule has 0 aliphatic heterocycles. The lowest BCUT2D eigenvalue weighted by atomic mass is 10.5. The van der Waals surface area contributed by atoms with Gasteiger partial charge in [0.2, 0.25) is 0 Å². The predicted octanol–water partition coefficient (Wildman–Crippen LogP) is 3.47. The van der Waals surface area contributed by atoms with Crippen molar-refractivity contribution in [2.45, 2.75) is 6.92 Å². The highest BCUT2D eigenvalue weighted by Gasteiger charge is 1.97. The second kappa shape index (κ2) is 2.38. The predicted molar refractivity (Wildman–Crippen MR) is 41.8 cm³/mol. The average Bonchev–Trinajstić information content (AvgIpc) is 1.85. The molecule has 1 heterocycles. The van der Waals surface area contributed by atoms with Crippen molar-refractivity contribution in [3.63, 3.8) is 0 Å². The Balaban J connectivity index is 3.14. The zero-order valence-corrected chi connectivity index (χ0v) is 7.40. The first kappa shape index (κ1) is 6.59. The number of hydrogen-bond donors (Lipinski definition) is 0. The summed E-state index contributed by atoms with van der Waals surface area (Å²) in [7, 11) is 0. The lowest BCUT2D eigenvalue weighted by Gasteiger charge is -1.77. The Bertz CT molecular complexity index is 175. The van der Waals surface area contributed by atoms with E-state index in [0.717, 1.165) is 8.81 Å². The zero-order chi connectivity index (χ0) is 6.15. The van der Waals surface area contributed by atoms with Gasteiger partial charge in [0.15, 0.2) is 0 Å². The molecule has 0 atom stereocenters. The van der Waals surface area contributed by atoms with Gasteiger partial charge >= 0.3 is 0 Å². The van der Waals surface area contributed by atoms with E-state index in [0.29, 0.717) is 0 Å². The highest BCUT2D eigenvalue weighted by atomic mass is 79.9. The third-order valence-corrected chi connectivity index (χ3v) is 3.09. The molecule has 0 saturated carbocycles. The summed E-state index contributed by atoms with van der Waals surface area (Å²) in [4.78, 5) is 1.23. The third-order valence-electron chi connectivity index (χ3n) is 0.827. The molecule has 0 amide bonds. The lowest BCUT2D eigenvalue weighted by molar-refractivity contribution is 1.59. The number of aryl methyl sites for hydroxylation is 1. The second-order valence-electron chi connectivity index (χ2n) is 1.45. The van der Waals surface area contributed by atoms with Gasteiger partial charge < -0.3 is 0 Å².